The SMILES string of the molecule is O=C(O)c1cccnc1Nc1ccc(Br)c(F)c1. The molecule has 0 saturated carbocycles. The Morgan fingerprint density at radius 1 is 1.39 bits per heavy atom. The van der Waals surface area contributed by atoms with Crippen LogP contribution in [0, 0.1) is 5.82 Å². The number of rotatable bonds is 3. The van der Waals surface area contributed by atoms with Gasteiger partial charge in [0, 0.05) is 11.9 Å². The molecule has 1 heterocycles. The van der Waals surface area contributed by atoms with E-state index in [0.717, 1.165) is 0 Å². The summed E-state index contributed by atoms with van der Waals surface area (Å²) in [4.78, 5) is 14.9. The minimum absolute atomic E-state index is 0.0285. The van der Waals surface area contributed by atoms with E-state index in [1.807, 2.05) is 0 Å². The van der Waals surface area contributed by atoms with Crippen molar-refractivity contribution in [1.29, 1.82) is 0 Å². The van der Waals surface area contributed by atoms with Crippen LogP contribution in [0.15, 0.2) is 41.0 Å². The number of nitrogens with zero attached hydrogens (tertiary/aromatic N) is 1. The minimum atomic E-state index is -1.09. The molecule has 18 heavy (non-hydrogen) atoms. The average molecular weight is 311 g/mol. The fourth-order valence-corrected chi connectivity index (χ4v) is 1.63. The summed E-state index contributed by atoms with van der Waals surface area (Å²) in [5.74, 6) is -1.36. The van der Waals surface area contributed by atoms with Gasteiger partial charge in [0.15, 0.2) is 0 Å². The lowest BCUT2D eigenvalue weighted by molar-refractivity contribution is 0.0697. The molecule has 0 spiro atoms. The molecule has 0 unspecified atom stereocenters. The summed E-state index contributed by atoms with van der Waals surface area (Å²) in [7, 11) is 0. The second kappa shape index (κ2) is 5.14. The Morgan fingerprint density at radius 3 is 2.83 bits per heavy atom. The van der Waals surface area contributed by atoms with Gasteiger partial charge in [0.2, 0.25) is 0 Å². The van der Waals surface area contributed by atoms with E-state index in [0.29, 0.717) is 10.2 Å². The number of hydrogen-bond acceptors (Lipinski definition) is 3. The van der Waals surface area contributed by atoms with E-state index >= 15 is 0 Å². The summed E-state index contributed by atoms with van der Waals surface area (Å²) >= 11 is 3.04. The molecule has 2 aromatic rings. The molecular formula is C12H8BrFN2O2. The van der Waals surface area contributed by atoms with E-state index in [1.54, 1.807) is 6.07 Å². The lowest BCUT2D eigenvalue weighted by atomic mass is 10.2. The van der Waals surface area contributed by atoms with E-state index < -0.39 is 11.8 Å². The summed E-state index contributed by atoms with van der Waals surface area (Å²) in [5.41, 5.74) is 0.456. The molecule has 0 fully saturated rings. The van der Waals surface area contributed by atoms with Crippen LogP contribution in [-0.4, -0.2) is 16.1 Å². The monoisotopic (exact) mass is 310 g/mol. The summed E-state index contributed by atoms with van der Waals surface area (Å²) < 4.78 is 13.7. The number of aromatic carboxylic acids is 1. The Kier molecular flexibility index (Phi) is 3.57. The highest BCUT2D eigenvalue weighted by atomic mass is 79.9. The van der Waals surface area contributed by atoms with Gasteiger partial charge in [-0.2, -0.15) is 0 Å². The number of pyridine rings is 1. The number of nitrogens with one attached hydrogen (secondary N) is 1. The van der Waals surface area contributed by atoms with Gasteiger partial charge in [-0.1, -0.05) is 0 Å². The molecule has 0 aliphatic heterocycles. The van der Waals surface area contributed by atoms with Crippen molar-refractivity contribution >= 4 is 33.4 Å². The number of carbonyl (C=O) groups is 1. The zero-order valence-corrected chi connectivity index (χ0v) is 10.6. The second-order valence-electron chi connectivity index (χ2n) is 3.46. The molecule has 2 N–H and O–H groups in total. The van der Waals surface area contributed by atoms with Crippen molar-refractivity contribution in [2.75, 3.05) is 5.32 Å². The zero-order chi connectivity index (χ0) is 13.1. The second-order valence-corrected chi connectivity index (χ2v) is 4.31. The van der Waals surface area contributed by atoms with Crippen LogP contribution >= 0.6 is 15.9 Å². The fraction of sp³-hybridized carbons (Fsp3) is 0. The molecule has 0 aliphatic rings. The van der Waals surface area contributed by atoms with Crippen LogP contribution in [0.2, 0.25) is 0 Å². The lowest BCUT2D eigenvalue weighted by Gasteiger charge is -2.08. The first-order chi connectivity index (χ1) is 8.58. The van der Waals surface area contributed by atoms with Gasteiger partial charge in [0.25, 0.3) is 0 Å². The van der Waals surface area contributed by atoms with Gasteiger partial charge >= 0.3 is 5.97 Å². The van der Waals surface area contributed by atoms with Crippen LogP contribution in [0.25, 0.3) is 0 Å². The molecule has 2 rings (SSSR count). The molecule has 0 amide bonds. The van der Waals surface area contributed by atoms with Crippen LogP contribution < -0.4 is 5.32 Å². The molecule has 0 bridgehead atoms. The molecule has 1 aromatic heterocycles. The van der Waals surface area contributed by atoms with E-state index in [2.05, 4.69) is 26.2 Å². The van der Waals surface area contributed by atoms with Crippen molar-refractivity contribution in [1.82, 2.24) is 4.98 Å². The van der Waals surface area contributed by atoms with Crippen molar-refractivity contribution in [2.24, 2.45) is 0 Å². The molecule has 0 aliphatic carbocycles. The molecular weight excluding hydrogens is 303 g/mol. The maximum Gasteiger partial charge on any atom is 0.339 e. The van der Waals surface area contributed by atoms with Crippen molar-refractivity contribution in [3.8, 4) is 0 Å². The van der Waals surface area contributed by atoms with Gasteiger partial charge in [-0.05, 0) is 46.3 Å². The third-order valence-corrected chi connectivity index (χ3v) is 2.86. The van der Waals surface area contributed by atoms with Crippen LogP contribution in [-0.2, 0) is 0 Å². The van der Waals surface area contributed by atoms with Gasteiger partial charge in [-0.3, -0.25) is 0 Å². The summed E-state index contributed by atoms with van der Waals surface area (Å²) in [5, 5.41) is 11.7. The molecule has 0 radical (unpaired) electrons. The number of benzene rings is 1. The Morgan fingerprint density at radius 2 is 2.17 bits per heavy atom. The number of hydrogen-bond donors (Lipinski definition) is 2. The summed E-state index contributed by atoms with van der Waals surface area (Å²) in [6, 6.07) is 7.35. The highest BCUT2D eigenvalue weighted by Crippen LogP contribution is 2.23. The van der Waals surface area contributed by atoms with Crippen molar-refractivity contribution in [3.63, 3.8) is 0 Å². The van der Waals surface area contributed by atoms with Gasteiger partial charge in [0.05, 0.1) is 4.47 Å². The normalized spacial score (nSPS) is 10.1. The van der Waals surface area contributed by atoms with Crippen LogP contribution in [0.1, 0.15) is 10.4 Å². The first-order valence-electron chi connectivity index (χ1n) is 4.98. The molecule has 4 nitrogen and oxygen atoms in total. The minimum Gasteiger partial charge on any atom is -0.478 e. The van der Waals surface area contributed by atoms with Gasteiger partial charge in [-0.25, -0.2) is 14.2 Å². The number of carboxylic acid groups (broad SMARTS) is 1. The molecule has 92 valence electrons. The topological polar surface area (TPSA) is 62.2 Å². The molecule has 0 atom stereocenters. The summed E-state index contributed by atoms with van der Waals surface area (Å²) in [6.45, 7) is 0. The third kappa shape index (κ3) is 2.65. The van der Waals surface area contributed by atoms with Gasteiger partial charge in [-0.15, -0.1) is 0 Å². The van der Waals surface area contributed by atoms with E-state index in [9.17, 15) is 9.18 Å². The van der Waals surface area contributed by atoms with Gasteiger partial charge in [0.1, 0.15) is 17.2 Å². The van der Waals surface area contributed by atoms with Crippen molar-refractivity contribution in [2.45, 2.75) is 0 Å². The average Bonchev–Trinajstić information content (AvgIpc) is 2.34. The Labute approximate surface area is 111 Å². The zero-order valence-electron chi connectivity index (χ0n) is 9.02. The number of anilines is 2. The quantitative estimate of drug-likeness (QED) is 0.911. The maximum atomic E-state index is 13.3. The van der Waals surface area contributed by atoms with Crippen molar-refractivity contribution < 1.29 is 14.3 Å². The number of aromatic nitrogens is 1. The van der Waals surface area contributed by atoms with Crippen LogP contribution in [0.4, 0.5) is 15.9 Å². The summed E-state index contributed by atoms with van der Waals surface area (Å²) in [6.07, 6.45) is 1.46. The van der Waals surface area contributed by atoms with Crippen LogP contribution in [0.3, 0.4) is 0 Å². The predicted molar refractivity (Wildman–Crippen MR) is 68.6 cm³/mol. The van der Waals surface area contributed by atoms with E-state index in [-0.39, 0.29) is 11.4 Å². The Hall–Kier alpha value is -1.95. The lowest BCUT2D eigenvalue weighted by Crippen LogP contribution is -2.04. The fourth-order valence-electron chi connectivity index (χ4n) is 1.39. The standard InChI is InChI=1S/C12H8BrFN2O2/c13-9-4-3-7(6-10(9)14)16-11-8(12(17)18)2-1-5-15-11/h1-6H,(H,15,16)(H,17,18). The smallest absolute Gasteiger partial charge is 0.339 e. The Bertz CT molecular complexity index is 604. The Balaban J connectivity index is 2.34. The molecule has 6 heteroatoms. The highest BCUT2D eigenvalue weighted by molar-refractivity contribution is 9.10. The van der Waals surface area contributed by atoms with Crippen LogP contribution in [0.5, 0.6) is 0 Å². The molecule has 1 aromatic carbocycles. The largest absolute Gasteiger partial charge is 0.478 e. The highest BCUT2D eigenvalue weighted by Gasteiger charge is 2.11. The number of carboxylic acids is 1. The van der Waals surface area contributed by atoms with Gasteiger partial charge < -0.3 is 10.4 Å². The third-order valence-electron chi connectivity index (χ3n) is 2.22. The molecule has 0 saturated heterocycles. The van der Waals surface area contributed by atoms with E-state index in [1.165, 1.54) is 30.5 Å². The predicted octanol–water partition coefficient (Wildman–Crippen LogP) is 3.43. The first-order valence-corrected chi connectivity index (χ1v) is 5.77. The van der Waals surface area contributed by atoms with Crippen molar-refractivity contribution in [3.05, 3.63) is 52.4 Å². The number of halogens is 2. The first kappa shape index (κ1) is 12.5. The van der Waals surface area contributed by atoms with E-state index in [4.69, 9.17) is 5.11 Å². The maximum absolute atomic E-state index is 13.3.